The first-order valence-electron chi connectivity index (χ1n) is 14.4. The second kappa shape index (κ2) is 12.9. The second-order valence-corrected chi connectivity index (χ2v) is 12.4. The van der Waals surface area contributed by atoms with Gasteiger partial charge in [0.25, 0.3) is 5.91 Å². The number of nitrogens with one attached hydrogen (secondary N) is 3. The van der Waals surface area contributed by atoms with Gasteiger partial charge in [-0.05, 0) is 127 Å². The number of halogens is 2. The normalized spacial score (nSPS) is 16.6. The molecule has 3 N–H and O–H groups in total. The van der Waals surface area contributed by atoms with Crippen LogP contribution in [0.3, 0.4) is 0 Å². The van der Waals surface area contributed by atoms with Crippen LogP contribution in [-0.4, -0.2) is 53.3 Å². The molecule has 2 fully saturated rings. The molecule has 9 heteroatoms. The number of ether oxygens (including phenoxy) is 1. The van der Waals surface area contributed by atoms with Crippen molar-refractivity contribution < 1.29 is 13.9 Å². The van der Waals surface area contributed by atoms with E-state index < -0.39 is 0 Å². The van der Waals surface area contributed by atoms with Crippen LogP contribution in [0.4, 0.5) is 15.9 Å². The van der Waals surface area contributed by atoms with E-state index in [1.54, 1.807) is 6.07 Å². The molecule has 1 aromatic heterocycles. The van der Waals surface area contributed by atoms with Gasteiger partial charge in [0, 0.05) is 40.4 Å². The van der Waals surface area contributed by atoms with E-state index in [0.717, 1.165) is 77.0 Å². The number of carbonyl (C=O) groups excluding carboxylic acids is 1. The van der Waals surface area contributed by atoms with Gasteiger partial charge >= 0.3 is 0 Å². The lowest BCUT2D eigenvalue weighted by molar-refractivity contribution is 0.0904. The van der Waals surface area contributed by atoms with Gasteiger partial charge in [0.05, 0.1) is 11.1 Å². The standard InChI is InChI=1S/C32H35FIN5O2/c33-24-15-23(16-25(34)19-24)14-21-5-7-29-28(17-21)31(38-37-29)36-32(40)27-6-4-22(20-39-10-2-1-3-11-39)18-30(27)35-26-8-12-41-13-9-26/h4-7,15-19,26,35H,1-3,8-14,20H2,(H2,36,37,38,40). The van der Waals surface area contributed by atoms with Crippen LogP contribution >= 0.6 is 22.6 Å². The van der Waals surface area contributed by atoms with Gasteiger partial charge in [-0.1, -0.05) is 18.6 Å². The number of likely N-dealkylation sites (tertiary alicyclic amines) is 1. The van der Waals surface area contributed by atoms with Gasteiger partial charge in [-0.15, -0.1) is 0 Å². The van der Waals surface area contributed by atoms with Crippen LogP contribution < -0.4 is 10.6 Å². The molecule has 0 radical (unpaired) electrons. The fraction of sp³-hybridized carbons (Fsp3) is 0.375. The lowest BCUT2D eigenvalue weighted by atomic mass is 10.0. The molecule has 0 unspecified atom stereocenters. The minimum absolute atomic E-state index is 0.206. The molecule has 6 rings (SSSR count). The number of nitrogens with zero attached hydrogens (tertiary/aromatic N) is 2. The monoisotopic (exact) mass is 667 g/mol. The van der Waals surface area contributed by atoms with Crippen LogP contribution in [-0.2, 0) is 17.7 Å². The fourth-order valence-corrected chi connectivity index (χ4v) is 6.53. The van der Waals surface area contributed by atoms with Gasteiger partial charge in [0.1, 0.15) is 5.82 Å². The second-order valence-electron chi connectivity index (χ2n) is 11.1. The Labute approximate surface area is 253 Å². The van der Waals surface area contributed by atoms with Crippen LogP contribution in [0.2, 0.25) is 0 Å². The number of anilines is 2. The summed E-state index contributed by atoms with van der Waals surface area (Å²) in [5.41, 5.74) is 5.40. The average molecular weight is 668 g/mol. The number of hydrogen-bond acceptors (Lipinski definition) is 5. The smallest absolute Gasteiger partial charge is 0.258 e. The van der Waals surface area contributed by atoms with Gasteiger partial charge in [-0.25, -0.2) is 4.39 Å². The summed E-state index contributed by atoms with van der Waals surface area (Å²) in [5.74, 6) is 0.0361. The highest BCUT2D eigenvalue weighted by Gasteiger charge is 2.21. The van der Waals surface area contributed by atoms with E-state index >= 15 is 0 Å². The number of aromatic amines is 1. The molecule has 2 aliphatic heterocycles. The quantitative estimate of drug-likeness (QED) is 0.182. The van der Waals surface area contributed by atoms with Gasteiger partial charge in [0.15, 0.2) is 5.82 Å². The van der Waals surface area contributed by atoms with E-state index in [1.807, 2.05) is 30.3 Å². The third-order valence-corrected chi connectivity index (χ3v) is 8.58. The predicted octanol–water partition coefficient (Wildman–Crippen LogP) is 6.73. The van der Waals surface area contributed by atoms with E-state index in [9.17, 15) is 9.18 Å². The summed E-state index contributed by atoms with van der Waals surface area (Å²) >= 11 is 2.13. The number of amides is 1. The summed E-state index contributed by atoms with van der Waals surface area (Å²) in [6.45, 7) is 4.59. The average Bonchev–Trinajstić information content (AvgIpc) is 3.35. The Bertz CT molecular complexity index is 1510. The Balaban J connectivity index is 1.24. The van der Waals surface area contributed by atoms with Crippen molar-refractivity contribution in [1.82, 2.24) is 15.1 Å². The van der Waals surface area contributed by atoms with Crippen LogP contribution in [0.5, 0.6) is 0 Å². The number of H-pyrrole nitrogens is 1. The highest BCUT2D eigenvalue weighted by atomic mass is 127. The molecule has 2 aliphatic rings. The van der Waals surface area contributed by atoms with Crippen molar-refractivity contribution in [3.05, 3.63) is 86.2 Å². The largest absolute Gasteiger partial charge is 0.381 e. The number of aromatic nitrogens is 2. The minimum Gasteiger partial charge on any atom is -0.381 e. The van der Waals surface area contributed by atoms with E-state index in [-0.39, 0.29) is 17.8 Å². The Kier molecular flexibility index (Phi) is 8.83. The van der Waals surface area contributed by atoms with Crippen molar-refractivity contribution in [2.75, 3.05) is 36.9 Å². The molecular weight excluding hydrogens is 632 g/mol. The molecular formula is C32H35FIN5O2. The predicted molar refractivity (Wildman–Crippen MR) is 169 cm³/mol. The van der Waals surface area contributed by atoms with Crippen molar-refractivity contribution >= 4 is 50.9 Å². The van der Waals surface area contributed by atoms with Gasteiger partial charge in [-0.3, -0.25) is 14.8 Å². The third kappa shape index (κ3) is 7.07. The zero-order valence-electron chi connectivity index (χ0n) is 23.0. The Morgan fingerprint density at radius 1 is 1.00 bits per heavy atom. The molecule has 0 atom stereocenters. The number of fused-ring (bicyclic) bond motifs is 1. The maximum absolute atomic E-state index is 13.9. The summed E-state index contributed by atoms with van der Waals surface area (Å²) in [7, 11) is 0. The molecule has 0 spiro atoms. The van der Waals surface area contributed by atoms with E-state index in [0.29, 0.717) is 17.8 Å². The van der Waals surface area contributed by atoms with Gasteiger partial charge in [-0.2, -0.15) is 5.10 Å². The zero-order valence-corrected chi connectivity index (χ0v) is 25.2. The van der Waals surface area contributed by atoms with Crippen LogP contribution in [0.25, 0.3) is 10.9 Å². The summed E-state index contributed by atoms with van der Waals surface area (Å²) in [5, 5.41) is 15.0. The zero-order chi connectivity index (χ0) is 28.2. The highest BCUT2D eigenvalue weighted by molar-refractivity contribution is 14.1. The van der Waals surface area contributed by atoms with Crippen molar-refractivity contribution in [3.63, 3.8) is 0 Å². The minimum atomic E-state index is -0.239. The molecule has 0 bridgehead atoms. The van der Waals surface area contributed by atoms with Gasteiger partial charge in [0.2, 0.25) is 0 Å². The molecule has 4 aromatic rings. The maximum Gasteiger partial charge on any atom is 0.258 e. The van der Waals surface area contributed by atoms with Crippen molar-refractivity contribution in [1.29, 1.82) is 0 Å². The number of rotatable bonds is 8. The van der Waals surface area contributed by atoms with E-state index in [1.165, 1.54) is 30.9 Å². The van der Waals surface area contributed by atoms with Crippen LogP contribution in [0.1, 0.15) is 59.2 Å². The summed E-state index contributed by atoms with van der Waals surface area (Å²) < 4.78 is 20.4. The Morgan fingerprint density at radius 2 is 1.80 bits per heavy atom. The molecule has 41 heavy (non-hydrogen) atoms. The Morgan fingerprint density at radius 3 is 2.61 bits per heavy atom. The van der Waals surface area contributed by atoms with E-state index in [2.05, 4.69) is 60.5 Å². The summed E-state index contributed by atoms with van der Waals surface area (Å²) in [6.07, 6.45) is 6.20. The molecule has 3 heterocycles. The Hall–Kier alpha value is -3.02. The maximum atomic E-state index is 13.9. The first kappa shape index (κ1) is 28.1. The molecule has 3 aromatic carbocycles. The SMILES string of the molecule is O=C(Nc1n[nH]c2ccc(Cc3cc(F)cc(I)c3)cc12)c1ccc(CN2CCCCC2)cc1NC1CCOCC1. The molecule has 1 amide bonds. The van der Waals surface area contributed by atoms with E-state index in [4.69, 9.17) is 4.74 Å². The highest BCUT2D eigenvalue weighted by Crippen LogP contribution is 2.27. The van der Waals surface area contributed by atoms with Crippen LogP contribution in [0, 0.1) is 9.39 Å². The van der Waals surface area contributed by atoms with Crippen molar-refractivity contribution in [2.24, 2.45) is 0 Å². The lowest BCUT2D eigenvalue weighted by Crippen LogP contribution is -2.30. The summed E-state index contributed by atoms with van der Waals surface area (Å²) in [6, 6.07) is 17.4. The molecule has 214 valence electrons. The number of benzene rings is 3. The molecule has 0 saturated carbocycles. The molecule has 0 aliphatic carbocycles. The first-order chi connectivity index (χ1) is 20.0. The number of carbonyl (C=O) groups is 1. The topological polar surface area (TPSA) is 82.3 Å². The van der Waals surface area contributed by atoms with Crippen molar-refractivity contribution in [2.45, 2.75) is 51.1 Å². The third-order valence-electron chi connectivity index (χ3n) is 7.95. The summed E-state index contributed by atoms with van der Waals surface area (Å²) in [4.78, 5) is 16.2. The molecule has 7 nitrogen and oxygen atoms in total. The first-order valence-corrected chi connectivity index (χ1v) is 15.5. The van der Waals surface area contributed by atoms with Gasteiger partial charge < -0.3 is 15.4 Å². The number of piperidine rings is 1. The number of hydrogen-bond donors (Lipinski definition) is 3. The molecule has 2 saturated heterocycles. The van der Waals surface area contributed by atoms with Crippen LogP contribution in [0.15, 0.2) is 54.6 Å². The fourth-order valence-electron chi connectivity index (χ4n) is 5.83. The lowest BCUT2D eigenvalue weighted by Gasteiger charge is -2.28. The van der Waals surface area contributed by atoms with Crippen molar-refractivity contribution in [3.8, 4) is 0 Å².